The van der Waals surface area contributed by atoms with Crippen LogP contribution in [0.15, 0.2) is 12.3 Å². The van der Waals surface area contributed by atoms with Gasteiger partial charge in [0.2, 0.25) is 0 Å². The lowest BCUT2D eigenvalue weighted by atomic mass is 10.2. The zero-order chi connectivity index (χ0) is 13.9. The molecule has 0 bridgehead atoms. The smallest absolute Gasteiger partial charge is 0.393 e. The first-order valence-electron chi connectivity index (χ1n) is 5.33. The molecule has 0 aliphatic heterocycles. The summed E-state index contributed by atoms with van der Waals surface area (Å²) < 4.78 is 37.2. The minimum atomic E-state index is -4.45. The van der Waals surface area contributed by atoms with Crippen LogP contribution in [0, 0.1) is 0 Å². The Morgan fingerprint density at radius 1 is 1.50 bits per heavy atom. The van der Waals surface area contributed by atoms with Crippen LogP contribution in [-0.4, -0.2) is 29.8 Å². The van der Waals surface area contributed by atoms with E-state index in [9.17, 15) is 13.2 Å². The number of alkyl halides is 3. The van der Waals surface area contributed by atoms with Gasteiger partial charge in [-0.3, -0.25) is 0 Å². The van der Waals surface area contributed by atoms with Gasteiger partial charge in [-0.2, -0.15) is 13.2 Å². The molecule has 0 aliphatic rings. The largest absolute Gasteiger partial charge is 0.417 e. The lowest BCUT2D eigenvalue weighted by Crippen LogP contribution is -2.23. The van der Waals surface area contributed by atoms with Crippen LogP contribution in [0.4, 0.5) is 19.0 Å². The van der Waals surface area contributed by atoms with Gasteiger partial charge in [0.05, 0.1) is 16.7 Å². The van der Waals surface area contributed by atoms with Gasteiger partial charge < -0.3 is 10.0 Å². The first kappa shape index (κ1) is 15.0. The van der Waals surface area contributed by atoms with E-state index in [0.29, 0.717) is 13.0 Å². The van der Waals surface area contributed by atoms with Crippen molar-refractivity contribution in [3.8, 4) is 0 Å². The van der Waals surface area contributed by atoms with E-state index in [0.717, 1.165) is 12.3 Å². The van der Waals surface area contributed by atoms with Crippen LogP contribution in [0.25, 0.3) is 0 Å². The summed E-state index contributed by atoms with van der Waals surface area (Å²) in [5.74, 6) is 0.269. The SMILES string of the molecule is CC(O)CCN(C)c1ncc(C(F)(F)F)cc1Cl. The summed E-state index contributed by atoms with van der Waals surface area (Å²) in [7, 11) is 1.66. The van der Waals surface area contributed by atoms with E-state index in [4.69, 9.17) is 16.7 Å². The van der Waals surface area contributed by atoms with Crippen molar-refractivity contribution in [2.24, 2.45) is 0 Å². The number of hydrogen-bond acceptors (Lipinski definition) is 3. The van der Waals surface area contributed by atoms with E-state index in [1.54, 1.807) is 18.9 Å². The van der Waals surface area contributed by atoms with E-state index in [2.05, 4.69) is 4.98 Å². The van der Waals surface area contributed by atoms with Crippen molar-refractivity contribution in [3.05, 3.63) is 22.8 Å². The fourth-order valence-electron chi connectivity index (χ4n) is 1.35. The standard InChI is InChI=1S/C11H14ClF3N2O/c1-7(18)3-4-17(2)10-9(12)5-8(6-16-10)11(13,14)15/h5-7,18H,3-4H2,1-2H3. The molecule has 3 nitrogen and oxygen atoms in total. The fourth-order valence-corrected chi connectivity index (χ4v) is 1.66. The maximum Gasteiger partial charge on any atom is 0.417 e. The van der Waals surface area contributed by atoms with Crippen molar-refractivity contribution in [2.75, 3.05) is 18.5 Å². The third-order valence-electron chi connectivity index (χ3n) is 2.39. The molecule has 0 fully saturated rings. The van der Waals surface area contributed by atoms with Gasteiger partial charge in [-0.15, -0.1) is 0 Å². The van der Waals surface area contributed by atoms with Gasteiger partial charge in [-0.25, -0.2) is 4.98 Å². The highest BCUT2D eigenvalue weighted by Gasteiger charge is 2.31. The van der Waals surface area contributed by atoms with Gasteiger partial charge in [0.25, 0.3) is 0 Å². The van der Waals surface area contributed by atoms with Crippen LogP contribution in [0.2, 0.25) is 5.02 Å². The molecule has 1 N–H and O–H groups in total. The van der Waals surface area contributed by atoms with Gasteiger partial charge in [0, 0.05) is 19.8 Å². The second-order valence-electron chi connectivity index (χ2n) is 4.09. The molecule has 0 amide bonds. The highest BCUT2D eigenvalue weighted by Crippen LogP contribution is 2.33. The average Bonchev–Trinajstić information content (AvgIpc) is 2.24. The second kappa shape index (κ2) is 5.75. The van der Waals surface area contributed by atoms with Gasteiger partial charge in [-0.05, 0) is 19.4 Å². The molecule has 0 aliphatic carbocycles. The van der Waals surface area contributed by atoms with Gasteiger partial charge in [0.15, 0.2) is 0 Å². The minimum Gasteiger partial charge on any atom is -0.393 e. The number of aliphatic hydroxyl groups is 1. The fraction of sp³-hybridized carbons (Fsp3) is 0.545. The van der Waals surface area contributed by atoms with Crippen LogP contribution in [-0.2, 0) is 6.18 Å². The van der Waals surface area contributed by atoms with Crippen molar-refractivity contribution in [1.29, 1.82) is 0 Å². The number of aromatic nitrogens is 1. The van der Waals surface area contributed by atoms with E-state index >= 15 is 0 Å². The highest BCUT2D eigenvalue weighted by molar-refractivity contribution is 6.33. The Morgan fingerprint density at radius 3 is 2.56 bits per heavy atom. The monoisotopic (exact) mass is 282 g/mol. The summed E-state index contributed by atoms with van der Waals surface area (Å²) >= 11 is 5.78. The Morgan fingerprint density at radius 2 is 2.11 bits per heavy atom. The molecule has 0 aromatic carbocycles. The van der Waals surface area contributed by atoms with E-state index in [1.165, 1.54) is 0 Å². The Balaban J connectivity index is 2.85. The summed E-state index contributed by atoms with van der Waals surface area (Å²) in [6.07, 6.45) is -3.70. The molecule has 1 aromatic rings. The molecule has 18 heavy (non-hydrogen) atoms. The highest BCUT2D eigenvalue weighted by atomic mass is 35.5. The predicted molar refractivity (Wildman–Crippen MR) is 63.8 cm³/mol. The van der Waals surface area contributed by atoms with E-state index in [-0.39, 0.29) is 10.8 Å². The number of halogens is 4. The van der Waals surface area contributed by atoms with Crippen molar-refractivity contribution >= 4 is 17.4 Å². The molecule has 0 saturated heterocycles. The lowest BCUT2D eigenvalue weighted by Gasteiger charge is -2.20. The second-order valence-corrected chi connectivity index (χ2v) is 4.49. The zero-order valence-corrected chi connectivity index (χ0v) is 10.8. The Kier molecular flexibility index (Phi) is 4.81. The Labute approximate surface area is 108 Å². The molecule has 1 heterocycles. The predicted octanol–water partition coefficient (Wildman–Crippen LogP) is 2.96. The number of hydrogen-bond donors (Lipinski definition) is 1. The lowest BCUT2D eigenvalue weighted by molar-refractivity contribution is -0.137. The van der Waals surface area contributed by atoms with Crippen LogP contribution in [0.3, 0.4) is 0 Å². The molecule has 1 unspecified atom stereocenters. The van der Waals surface area contributed by atoms with Crippen LogP contribution >= 0.6 is 11.6 Å². The summed E-state index contributed by atoms with van der Waals surface area (Å²) in [5, 5.41) is 9.08. The number of nitrogens with zero attached hydrogens (tertiary/aromatic N) is 2. The number of anilines is 1. The zero-order valence-electron chi connectivity index (χ0n) is 10.00. The molecule has 0 saturated carbocycles. The number of aliphatic hydroxyl groups excluding tert-OH is 1. The van der Waals surface area contributed by atoms with Crippen LogP contribution in [0.1, 0.15) is 18.9 Å². The quantitative estimate of drug-likeness (QED) is 0.922. The average molecular weight is 283 g/mol. The molecular formula is C11H14ClF3N2O. The molecule has 1 atom stereocenters. The Hall–Kier alpha value is -1.01. The molecule has 1 aromatic heterocycles. The molecule has 7 heteroatoms. The molecule has 102 valence electrons. The van der Waals surface area contributed by atoms with E-state index < -0.39 is 17.8 Å². The van der Waals surface area contributed by atoms with Gasteiger partial charge in [-0.1, -0.05) is 11.6 Å². The van der Waals surface area contributed by atoms with Crippen LogP contribution < -0.4 is 4.90 Å². The summed E-state index contributed by atoms with van der Waals surface area (Å²) in [6, 6.07) is 0.850. The third kappa shape index (κ3) is 4.03. The number of rotatable bonds is 4. The molecule has 0 spiro atoms. The van der Waals surface area contributed by atoms with Gasteiger partial charge >= 0.3 is 6.18 Å². The minimum absolute atomic E-state index is 0.0575. The Bertz CT molecular complexity index is 410. The van der Waals surface area contributed by atoms with Crippen molar-refractivity contribution in [1.82, 2.24) is 4.98 Å². The maximum atomic E-state index is 12.4. The first-order chi connectivity index (χ1) is 8.21. The van der Waals surface area contributed by atoms with Crippen LogP contribution in [0.5, 0.6) is 0 Å². The first-order valence-corrected chi connectivity index (χ1v) is 5.71. The maximum absolute atomic E-state index is 12.4. The summed E-state index contributed by atoms with van der Waals surface area (Å²) in [4.78, 5) is 5.32. The van der Waals surface area contributed by atoms with Crippen molar-refractivity contribution in [2.45, 2.75) is 25.6 Å². The van der Waals surface area contributed by atoms with Crippen molar-refractivity contribution in [3.63, 3.8) is 0 Å². The van der Waals surface area contributed by atoms with Crippen molar-refractivity contribution < 1.29 is 18.3 Å². The third-order valence-corrected chi connectivity index (χ3v) is 2.67. The normalized spacial score (nSPS) is 13.5. The summed E-state index contributed by atoms with van der Waals surface area (Å²) in [6.45, 7) is 2.09. The molecular weight excluding hydrogens is 269 g/mol. The van der Waals surface area contributed by atoms with E-state index in [1.807, 2.05) is 0 Å². The van der Waals surface area contributed by atoms with Gasteiger partial charge in [0.1, 0.15) is 5.82 Å². The summed E-state index contributed by atoms with van der Waals surface area (Å²) in [5.41, 5.74) is -0.875. The number of pyridine rings is 1. The topological polar surface area (TPSA) is 36.4 Å². The molecule has 1 rings (SSSR count). The molecule has 0 radical (unpaired) electrons.